The van der Waals surface area contributed by atoms with Crippen LogP contribution in [0.1, 0.15) is 40.5 Å². The number of nitrogens with zero attached hydrogens (tertiary/aromatic N) is 1. The number of aromatic nitrogens is 1. The number of rotatable bonds is 3. The van der Waals surface area contributed by atoms with Gasteiger partial charge in [-0.15, -0.1) is 0 Å². The first-order valence-corrected chi connectivity index (χ1v) is 9.34. The Labute approximate surface area is 162 Å². The van der Waals surface area contributed by atoms with Crippen LogP contribution in [0.5, 0.6) is 5.75 Å². The van der Waals surface area contributed by atoms with Crippen molar-refractivity contribution in [3.05, 3.63) is 63.8 Å². The maximum atomic E-state index is 12.5. The van der Waals surface area contributed by atoms with Crippen LogP contribution in [0.25, 0.3) is 10.9 Å². The Morgan fingerprint density at radius 2 is 2.19 bits per heavy atom. The summed E-state index contributed by atoms with van der Waals surface area (Å²) in [6.45, 7) is 2.27. The maximum absolute atomic E-state index is 12.5. The van der Waals surface area contributed by atoms with Gasteiger partial charge in [0.2, 0.25) is 0 Å². The molecule has 6 heteroatoms. The minimum absolute atomic E-state index is 0.00954. The number of hydrogen-bond donors (Lipinski definition) is 3. The van der Waals surface area contributed by atoms with Gasteiger partial charge >= 0.3 is 0 Å². The van der Waals surface area contributed by atoms with E-state index in [4.69, 9.17) is 11.6 Å². The number of H-pyrrole nitrogens is 1. The van der Waals surface area contributed by atoms with Crippen LogP contribution in [0.4, 0.5) is 0 Å². The van der Waals surface area contributed by atoms with Crippen molar-refractivity contribution in [2.75, 3.05) is 0 Å². The van der Waals surface area contributed by atoms with Crippen molar-refractivity contribution in [2.24, 2.45) is 11.0 Å². The van der Waals surface area contributed by atoms with Gasteiger partial charge in [0.05, 0.1) is 11.2 Å². The average molecular weight is 382 g/mol. The number of aryl methyl sites for hydroxylation is 1. The van der Waals surface area contributed by atoms with Crippen molar-refractivity contribution in [3.63, 3.8) is 0 Å². The number of carbonyl (C=O) groups excluding carboxylic acids is 1. The Kier molecular flexibility index (Phi) is 4.62. The molecule has 138 valence electrons. The van der Waals surface area contributed by atoms with E-state index in [0.29, 0.717) is 17.0 Å². The number of phenolic OH excluding ortho intramolecular Hbond substituents is 1. The molecular formula is C21H20ClN3O2. The number of hydrogen-bond acceptors (Lipinski definition) is 3. The van der Waals surface area contributed by atoms with E-state index in [9.17, 15) is 9.90 Å². The summed E-state index contributed by atoms with van der Waals surface area (Å²) < 4.78 is 0. The second-order valence-electron chi connectivity index (χ2n) is 7.10. The number of aromatic hydroxyl groups is 1. The minimum Gasteiger partial charge on any atom is -0.506 e. The van der Waals surface area contributed by atoms with Crippen molar-refractivity contribution in [2.45, 2.75) is 26.2 Å². The summed E-state index contributed by atoms with van der Waals surface area (Å²) >= 11 is 5.86. The fourth-order valence-electron chi connectivity index (χ4n) is 3.57. The molecule has 0 spiro atoms. The van der Waals surface area contributed by atoms with Gasteiger partial charge in [-0.05, 0) is 72.7 Å². The highest BCUT2D eigenvalue weighted by Gasteiger charge is 2.20. The molecule has 5 nitrogen and oxygen atoms in total. The summed E-state index contributed by atoms with van der Waals surface area (Å²) in [6, 6.07) is 10.4. The quantitative estimate of drug-likeness (QED) is 0.464. The molecule has 1 heterocycles. The second kappa shape index (κ2) is 7.08. The molecule has 0 fully saturated rings. The Balaban J connectivity index is 1.53. The molecule has 1 aromatic heterocycles. The molecule has 0 bridgehead atoms. The molecule has 0 saturated heterocycles. The second-order valence-corrected chi connectivity index (χ2v) is 7.51. The van der Waals surface area contributed by atoms with Gasteiger partial charge in [-0.1, -0.05) is 18.5 Å². The SMILES string of the molecule is CC1CCc2[nH]c3ccc(C(=O)N/N=C\c4ccc(O)c(Cl)c4)cc3c2C1. The van der Waals surface area contributed by atoms with Crippen molar-refractivity contribution in [3.8, 4) is 5.75 Å². The number of fused-ring (bicyclic) bond motifs is 3. The monoisotopic (exact) mass is 381 g/mol. The van der Waals surface area contributed by atoms with Gasteiger partial charge in [-0.3, -0.25) is 4.79 Å². The number of phenols is 1. The van der Waals surface area contributed by atoms with E-state index >= 15 is 0 Å². The number of amides is 1. The van der Waals surface area contributed by atoms with Gasteiger partial charge < -0.3 is 10.1 Å². The highest BCUT2D eigenvalue weighted by Crippen LogP contribution is 2.32. The fraction of sp³-hybridized carbons (Fsp3) is 0.238. The van der Waals surface area contributed by atoms with E-state index in [-0.39, 0.29) is 16.7 Å². The predicted molar refractivity (Wildman–Crippen MR) is 108 cm³/mol. The first-order chi connectivity index (χ1) is 13.0. The van der Waals surface area contributed by atoms with Crippen molar-refractivity contribution >= 4 is 34.6 Å². The highest BCUT2D eigenvalue weighted by molar-refractivity contribution is 6.32. The van der Waals surface area contributed by atoms with E-state index < -0.39 is 0 Å². The molecule has 3 N–H and O–H groups in total. The molecule has 4 rings (SSSR count). The first-order valence-electron chi connectivity index (χ1n) is 8.96. The van der Waals surface area contributed by atoms with E-state index in [1.54, 1.807) is 18.2 Å². The standard InChI is InChI=1S/C21H20ClN3O2/c1-12-2-5-18-15(8-12)16-10-14(4-6-19(16)24-18)21(27)25-23-11-13-3-7-20(26)17(22)9-13/h3-4,6-7,9-12,24,26H,2,5,8H2,1H3,(H,25,27)/b23-11-. The molecule has 3 aromatic rings. The number of benzene rings is 2. The van der Waals surface area contributed by atoms with Crippen LogP contribution in [-0.4, -0.2) is 22.2 Å². The Morgan fingerprint density at radius 1 is 1.33 bits per heavy atom. The lowest BCUT2D eigenvalue weighted by Gasteiger charge is -2.18. The third-order valence-electron chi connectivity index (χ3n) is 5.05. The van der Waals surface area contributed by atoms with Crippen molar-refractivity contribution < 1.29 is 9.90 Å². The van der Waals surface area contributed by atoms with E-state index in [1.807, 2.05) is 12.1 Å². The Morgan fingerprint density at radius 3 is 3.00 bits per heavy atom. The van der Waals surface area contributed by atoms with Gasteiger partial charge in [0.1, 0.15) is 5.75 Å². The van der Waals surface area contributed by atoms with Gasteiger partial charge in [-0.2, -0.15) is 5.10 Å². The molecule has 1 aliphatic carbocycles. The normalized spacial score (nSPS) is 16.6. The van der Waals surface area contributed by atoms with Crippen molar-refractivity contribution in [1.82, 2.24) is 10.4 Å². The van der Waals surface area contributed by atoms with E-state index in [0.717, 1.165) is 23.7 Å². The zero-order valence-electron chi connectivity index (χ0n) is 14.9. The summed E-state index contributed by atoms with van der Waals surface area (Å²) in [6.07, 6.45) is 4.79. The summed E-state index contributed by atoms with van der Waals surface area (Å²) in [5, 5.41) is 14.8. The molecule has 2 aromatic carbocycles. The largest absolute Gasteiger partial charge is 0.506 e. The van der Waals surface area contributed by atoms with Crippen LogP contribution in [0, 0.1) is 5.92 Å². The third kappa shape index (κ3) is 3.55. The molecular weight excluding hydrogens is 362 g/mol. The number of carbonyl (C=O) groups is 1. The Hall–Kier alpha value is -2.79. The molecule has 0 radical (unpaired) electrons. The van der Waals surface area contributed by atoms with Crippen LogP contribution >= 0.6 is 11.6 Å². The molecule has 27 heavy (non-hydrogen) atoms. The van der Waals surface area contributed by atoms with E-state index in [2.05, 4.69) is 22.4 Å². The molecule has 1 atom stereocenters. The van der Waals surface area contributed by atoms with Gasteiger partial charge in [-0.25, -0.2) is 5.43 Å². The number of aromatic amines is 1. The lowest BCUT2D eigenvalue weighted by atomic mass is 9.87. The lowest BCUT2D eigenvalue weighted by Crippen LogP contribution is -2.17. The van der Waals surface area contributed by atoms with E-state index in [1.165, 1.54) is 30.0 Å². The van der Waals surface area contributed by atoms with Crippen LogP contribution in [0.15, 0.2) is 41.5 Å². The van der Waals surface area contributed by atoms with Gasteiger partial charge in [0.25, 0.3) is 5.91 Å². The summed E-state index contributed by atoms with van der Waals surface area (Å²) in [5.41, 5.74) is 7.50. The Bertz CT molecular complexity index is 1060. The van der Waals surface area contributed by atoms with Gasteiger partial charge in [0, 0.05) is 22.2 Å². The predicted octanol–water partition coefficient (Wildman–Crippen LogP) is 4.42. The van der Waals surface area contributed by atoms with Crippen LogP contribution < -0.4 is 5.43 Å². The zero-order chi connectivity index (χ0) is 19.0. The lowest BCUT2D eigenvalue weighted by molar-refractivity contribution is 0.0955. The van der Waals surface area contributed by atoms with Crippen LogP contribution in [0.2, 0.25) is 5.02 Å². The number of nitrogens with one attached hydrogen (secondary N) is 2. The topological polar surface area (TPSA) is 77.5 Å². The molecule has 0 aliphatic heterocycles. The molecule has 1 amide bonds. The summed E-state index contributed by atoms with van der Waals surface area (Å²) in [4.78, 5) is 15.9. The van der Waals surface area contributed by atoms with Crippen molar-refractivity contribution in [1.29, 1.82) is 0 Å². The average Bonchev–Trinajstić information content (AvgIpc) is 3.01. The highest BCUT2D eigenvalue weighted by atomic mass is 35.5. The summed E-state index contributed by atoms with van der Waals surface area (Å²) in [5.74, 6) is 0.405. The van der Waals surface area contributed by atoms with Gasteiger partial charge in [0.15, 0.2) is 0 Å². The zero-order valence-corrected chi connectivity index (χ0v) is 15.7. The minimum atomic E-state index is -0.267. The molecule has 1 unspecified atom stereocenters. The smallest absolute Gasteiger partial charge is 0.271 e. The number of halogens is 1. The summed E-state index contributed by atoms with van der Waals surface area (Å²) in [7, 11) is 0. The fourth-order valence-corrected chi connectivity index (χ4v) is 3.75. The van der Waals surface area contributed by atoms with Crippen LogP contribution in [-0.2, 0) is 12.8 Å². The van der Waals surface area contributed by atoms with Crippen LogP contribution in [0.3, 0.4) is 0 Å². The third-order valence-corrected chi connectivity index (χ3v) is 5.35. The molecule has 0 saturated carbocycles. The maximum Gasteiger partial charge on any atom is 0.271 e. The number of hydrazone groups is 1. The first kappa shape index (κ1) is 17.6. The molecule has 1 aliphatic rings.